The van der Waals surface area contributed by atoms with E-state index in [4.69, 9.17) is 0 Å². The lowest BCUT2D eigenvalue weighted by molar-refractivity contribution is -0.132. The highest BCUT2D eigenvalue weighted by Gasteiger charge is 2.26. The van der Waals surface area contributed by atoms with Gasteiger partial charge in [-0.15, -0.1) is 0 Å². The molecule has 3 rings (SSSR count). The maximum Gasteiger partial charge on any atom is 0.328 e. The van der Waals surface area contributed by atoms with Crippen molar-refractivity contribution in [3.63, 3.8) is 0 Å². The van der Waals surface area contributed by atoms with Crippen molar-refractivity contribution in [2.75, 3.05) is 13.1 Å². The lowest BCUT2D eigenvalue weighted by Gasteiger charge is -2.32. The predicted octanol–water partition coefficient (Wildman–Crippen LogP) is 0.0664. The minimum atomic E-state index is -0.486. The van der Waals surface area contributed by atoms with Crippen molar-refractivity contribution in [3.05, 3.63) is 51.3 Å². The van der Waals surface area contributed by atoms with E-state index in [2.05, 4.69) is 9.97 Å². The van der Waals surface area contributed by atoms with E-state index in [0.717, 1.165) is 25.2 Å². The lowest BCUT2D eigenvalue weighted by atomic mass is 9.97. The summed E-state index contributed by atoms with van der Waals surface area (Å²) in [6, 6.07) is 1.28. The van der Waals surface area contributed by atoms with Gasteiger partial charge in [0.25, 0.3) is 5.56 Å². The minimum absolute atomic E-state index is 0.0204. The van der Waals surface area contributed by atoms with Crippen LogP contribution >= 0.6 is 0 Å². The molecule has 24 heavy (non-hydrogen) atoms. The molecule has 0 aromatic carbocycles. The van der Waals surface area contributed by atoms with E-state index in [1.54, 1.807) is 6.20 Å². The molecule has 0 bridgehead atoms. The van der Waals surface area contributed by atoms with Crippen molar-refractivity contribution in [2.45, 2.75) is 31.7 Å². The molecular formula is C16H21N5O3. The van der Waals surface area contributed by atoms with E-state index >= 15 is 0 Å². The van der Waals surface area contributed by atoms with Gasteiger partial charge in [-0.2, -0.15) is 0 Å². The SMILES string of the molecule is Cn1ccnc1C1CCCN(C(=O)CCn2ccc(=O)[nH]c2=O)C1. The van der Waals surface area contributed by atoms with Crippen LogP contribution in [0, 0.1) is 0 Å². The first-order valence-corrected chi connectivity index (χ1v) is 8.09. The molecule has 1 saturated heterocycles. The van der Waals surface area contributed by atoms with Gasteiger partial charge in [0.2, 0.25) is 5.91 Å². The summed E-state index contributed by atoms with van der Waals surface area (Å²) in [6.45, 7) is 1.66. The van der Waals surface area contributed by atoms with Crippen LogP contribution in [0.15, 0.2) is 34.2 Å². The highest BCUT2D eigenvalue weighted by Crippen LogP contribution is 2.25. The number of amides is 1. The third kappa shape index (κ3) is 3.47. The number of piperidine rings is 1. The number of carbonyl (C=O) groups excluding carboxylic acids is 1. The molecule has 2 aromatic heterocycles. The molecule has 0 radical (unpaired) electrons. The Kier molecular flexibility index (Phi) is 4.64. The standard InChI is InChI=1S/C16H21N5O3/c1-19-10-6-17-15(19)12-3-2-7-21(11-12)14(23)5-9-20-8-4-13(22)18-16(20)24/h4,6,8,10,12H,2-3,5,7,9,11H2,1H3,(H,18,22,24). The molecule has 1 aliphatic heterocycles. The van der Waals surface area contributed by atoms with Crippen molar-refractivity contribution >= 4 is 5.91 Å². The van der Waals surface area contributed by atoms with Gasteiger partial charge in [0, 0.05) is 63.7 Å². The van der Waals surface area contributed by atoms with E-state index < -0.39 is 11.2 Å². The van der Waals surface area contributed by atoms with Crippen molar-refractivity contribution in [1.82, 2.24) is 24.0 Å². The van der Waals surface area contributed by atoms with Crippen LogP contribution < -0.4 is 11.2 Å². The lowest BCUT2D eigenvalue weighted by Crippen LogP contribution is -2.40. The first-order valence-electron chi connectivity index (χ1n) is 8.09. The zero-order valence-electron chi connectivity index (χ0n) is 13.6. The summed E-state index contributed by atoms with van der Waals surface area (Å²) in [4.78, 5) is 43.6. The summed E-state index contributed by atoms with van der Waals surface area (Å²) in [6.07, 6.45) is 7.31. The minimum Gasteiger partial charge on any atom is -0.342 e. The third-order valence-corrected chi connectivity index (χ3v) is 4.46. The van der Waals surface area contributed by atoms with Gasteiger partial charge in [0.05, 0.1) is 0 Å². The Balaban J connectivity index is 1.61. The molecule has 1 N–H and O–H groups in total. The van der Waals surface area contributed by atoms with Gasteiger partial charge in [0.15, 0.2) is 0 Å². The van der Waals surface area contributed by atoms with Crippen LogP contribution in [0.5, 0.6) is 0 Å². The van der Waals surface area contributed by atoms with E-state index in [9.17, 15) is 14.4 Å². The monoisotopic (exact) mass is 331 g/mol. The van der Waals surface area contributed by atoms with Crippen molar-refractivity contribution in [1.29, 1.82) is 0 Å². The topological polar surface area (TPSA) is 93.0 Å². The Morgan fingerprint density at radius 2 is 2.21 bits per heavy atom. The molecule has 1 fully saturated rings. The van der Waals surface area contributed by atoms with Gasteiger partial charge in [-0.3, -0.25) is 14.6 Å². The van der Waals surface area contributed by atoms with E-state index in [0.29, 0.717) is 6.54 Å². The highest BCUT2D eigenvalue weighted by molar-refractivity contribution is 5.76. The summed E-state index contributed by atoms with van der Waals surface area (Å²) in [5.41, 5.74) is -0.920. The fourth-order valence-corrected chi connectivity index (χ4v) is 3.18. The second-order valence-corrected chi connectivity index (χ2v) is 6.13. The molecule has 1 unspecified atom stereocenters. The van der Waals surface area contributed by atoms with Gasteiger partial charge < -0.3 is 14.0 Å². The Bertz CT molecular complexity index is 834. The highest BCUT2D eigenvalue weighted by atomic mass is 16.2. The van der Waals surface area contributed by atoms with Gasteiger partial charge in [-0.1, -0.05) is 0 Å². The fourth-order valence-electron chi connectivity index (χ4n) is 3.18. The molecule has 3 heterocycles. The predicted molar refractivity (Wildman–Crippen MR) is 87.7 cm³/mol. The normalized spacial score (nSPS) is 17.9. The number of aryl methyl sites for hydroxylation is 2. The van der Waals surface area contributed by atoms with Crippen molar-refractivity contribution in [3.8, 4) is 0 Å². The molecule has 0 aliphatic carbocycles. The summed E-state index contributed by atoms with van der Waals surface area (Å²) in [7, 11) is 1.96. The van der Waals surface area contributed by atoms with Crippen LogP contribution in [0.1, 0.15) is 31.0 Å². The number of nitrogens with zero attached hydrogens (tertiary/aromatic N) is 4. The molecule has 8 nitrogen and oxygen atoms in total. The fraction of sp³-hybridized carbons (Fsp3) is 0.500. The average molecular weight is 331 g/mol. The van der Waals surface area contributed by atoms with Crippen molar-refractivity contribution < 1.29 is 4.79 Å². The zero-order valence-corrected chi connectivity index (χ0v) is 13.6. The summed E-state index contributed by atoms with van der Waals surface area (Å²) < 4.78 is 3.35. The van der Waals surface area contributed by atoms with Crippen molar-refractivity contribution in [2.24, 2.45) is 7.05 Å². The second kappa shape index (κ2) is 6.86. The number of hydrogen-bond acceptors (Lipinski definition) is 4. The zero-order chi connectivity index (χ0) is 17.1. The van der Waals surface area contributed by atoms with Crippen LogP contribution in [-0.4, -0.2) is 43.0 Å². The molecular weight excluding hydrogens is 310 g/mol. The molecule has 1 amide bonds. The van der Waals surface area contributed by atoms with Gasteiger partial charge in [0.1, 0.15) is 5.82 Å². The first-order chi connectivity index (χ1) is 11.5. The number of H-pyrrole nitrogens is 1. The molecule has 1 atom stereocenters. The van der Waals surface area contributed by atoms with E-state index in [1.807, 2.05) is 22.7 Å². The molecule has 0 spiro atoms. The summed E-state index contributed by atoms with van der Waals surface area (Å²) in [5.74, 6) is 1.27. The molecule has 2 aromatic rings. The van der Waals surface area contributed by atoms with Crippen LogP contribution in [0.25, 0.3) is 0 Å². The van der Waals surface area contributed by atoms with Gasteiger partial charge in [-0.25, -0.2) is 9.78 Å². The molecule has 128 valence electrons. The van der Waals surface area contributed by atoms with Crippen LogP contribution in [0.2, 0.25) is 0 Å². The molecule has 1 aliphatic rings. The Hall–Kier alpha value is -2.64. The quantitative estimate of drug-likeness (QED) is 0.858. The average Bonchev–Trinajstić information content (AvgIpc) is 3.00. The van der Waals surface area contributed by atoms with Gasteiger partial charge in [-0.05, 0) is 12.8 Å². The number of hydrogen-bond donors (Lipinski definition) is 1. The molecule has 8 heteroatoms. The Labute approximate surface area is 138 Å². The Morgan fingerprint density at radius 1 is 1.38 bits per heavy atom. The number of nitrogens with one attached hydrogen (secondary N) is 1. The van der Waals surface area contributed by atoms with Crippen LogP contribution in [0.4, 0.5) is 0 Å². The summed E-state index contributed by atoms with van der Waals surface area (Å²) in [5, 5.41) is 0. The summed E-state index contributed by atoms with van der Waals surface area (Å²) >= 11 is 0. The maximum atomic E-state index is 12.5. The van der Waals surface area contributed by atoms with Gasteiger partial charge >= 0.3 is 5.69 Å². The maximum absolute atomic E-state index is 12.5. The smallest absolute Gasteiger partial charge is 0.328 e. The molecule has 0 saturated carbocycles. The second-order valence-electron chi connectivity index (χ2n) is 6.13. The Morgan fingerprint density at radius 3 is 2.92 bits per heavy atom. The first kappa shape index (κ1) is 16.2. The number of aromatic nitrogens is 4. The number of rotatable bonds is 4. The third-order valence-electron chi connectivity index (χ3n) is 4.46. The largest absolute Gasteiger partial charge is 0.342 e. The van der Waals surface area contributed by atoms with Crippen LogP contribution in [-0.2, 0) is 18.4 Å². The number of likely N-dealkylation sites (tertiary alicyclic amines) is 1. The number of aromatic amines is 1. The van der Waals surface area contributed by atoms with E-state index in [1.165, 1.54) is 16.8 Å². The van der Waals surface area contributed by atoms with E-state index in [-0.39, 0.29) is 24.8 Å². The number of carbonyl (C=O) groups is 1. The van der Waals surface area contributed by atoms with Crippen LogP contribution in [0.3, 0.4) is 0 Å². The number of imidazole rings is 1.